The first-order valence-electron chi connectivity index (χ1n) is 10.1. The van der Waals surface area contributed by atoms with Crippen LogP contribution in [0, 0.1) is 5.92 Å². The van der Waals surface area contributed by atoms with Crippen molar-refractivity contribution in [3.8, 4) is 0 Å². The number of nitrogens with one attached hydrogen (secondary N) is 1. The van der Waals surface area contributed by atoms with Crippen molar-refractivity contribution in [1.29, 1.82) is 0 Å². The van der Waals surface area contributed by atoms with Gasteiger partial charge in [0.2, 0.25) is 0 Å². The first-order valence-corrected chi connectivity index (χ1v) is 10.1. The zero-order valence-corrected chi connectivity index (χ0v) is 16.5. The van der Waals surface area contributed by atoms with Gasteiger partial charge in [-0.15, -0.1) is 0 Å². The van der Waals surface area contributed by atoms with E-state index < -0.39 is 0 Å². The van der Waals surface area contributed by atoms with Crippen molar-refractivity contribution in [3.05, 3.63) is 83.9 Å². The van der Waals surface area contributed by atoms with E-state index in [1.165, 1.54) is 16.7 Å². The van der Waals surface area contributed by atoms with E-state index in [0.29, 0.717) is 5.92 Å². The average molecular weight is 374 g/mol. The molecule has 2 aromatic carbocycles. The first-order chi connectivity index (χ1) is 13.6. The number of allylic oxidation sites excluding steroid dienone is 1. The average Bonchev–Trinajstić information content (AvgIpc) is 3.60. The SMILES string of the molecule is C=C(C)C1C/C(=N/NN2[C@@H](c3ccccc3)[C@@H]2c2ccccc2)C2(C)OC2C1. The summed E-state index contributed by atoms with van der Waals surface area (Å²) in [6.45, 7) is 8.44. The Morgan fingerprint density at radius 3 is 2.18 bits per heavy atom. The fourth-order valence-corrected chi connectivity index (χ4v) is 4.56. The lowest BCUT2D eigenvalue weighted by Gasteiger charge is -2.24. The molecule has 5 rings (SSSR count). The van der Waals surface area contributed by atoms with E-state index in [9.17, 15) is 0 Å². The first kappa shape index (κ1) is 17.7. The van der Waals surface area contributed by atoms with Crippen LogP contribution < -0.4 is 5.53 Å². The van der Waals surface area contributed by atoms with Gasteiger partial charge in [-0.05, 0) is 43.7 Å². The van der Waals surface area contributed by atoms with Crippen molar-refractivity contribution >= 4 is 5.71 Å². The molecule has 1 aliphatic carbocycles. The standard InChI is InChI=1S/C24H27N3O/c1-16(2)19-14-20(24(3)21(15-19)28-24)25-26-27-22(17-10-6-4-7-11-17)23(27)18-12-8-5-9-13-18/h4-13,19,21-23,26H,1,14-15H2,2-3H3/b25-20-/t19?,21?,22-,23-,24?/m0/s1. The monoisotopic (exact) mass is 373 g/mol. The van der Waals surface area contributed by atoms with E-state index in [1.54, 1.807) is 0 Å². The van der Waals surface area contributed by atoms with E-state index in [4.69, 9.17) is 9.84 Å². The van der Waals surface area contributed by atoms with Gasteiger partial charge in [0.05, 0.1) is 23.9 Å². The van der Waals surface area contributed by atoms with Gasteiger partial charge in [-0.1, -0.05) is 72.8 Å². The van der Waals surface area contributed by atoms with Gasteiger partial charge in [0.25, 0.3) is 0 Å². The maximum atomic E-state index is 6.00. The molecule has 0 spiro atoms. The van der Waals surface area contributed by atoms with Crippen LogP contribution in [0.15, 0.2) is 77.9 Å². The summed E-state index contributed by atoms with van der Waals surface area (Å²) >= 11 is 0. The molecular formula is C24H27N3O. The van der Waals surface area contributed by atoms with Gasteiger partial charge in [0, 0.05) is 0 Å². The van der Waals surface area contributed by atoms with Gasteiger partial charge in [-0.2, -0.15) is 10.1 Å². The van der Waals surface area contributed by atoms with E-state index in [-0.39, 0.29) is 23.8 Å². The lowest BCUT2D eigenvalue weighted by atomic mass is 9.78. The van der Waals surface area contributed by atoms with Crippen LogP contribution in [0.2, 0.25) is 0 Å². The Kier molecular flexibility index (Phi) is 4.14. The number of hydrogen-bond donors (Lipinski definition) is 1. The van der Waals surface area contributed by atoms with Crippen molar-refractivity contribution < 1.29 is 4.74 Å². The Labute approximate surface area is 166 Å². The molecule has 1 saturated carbocycles. The maximum absolute atomic E-state index is 6.00. The Morgan fingerprint density at radius 2 is 1.64 bits per heavy atom. The predicted octanol–water partition coefficient (Wildman–Crippen LogP) is 4.79. The van der Waals surface area contributed by atoms with Crippen molar-refractivity contribution in [3.63, 3.8) is 0 Å². The van der Waals surface area contributed by atoms with Crippen LogP contribution in [-0.2, 0) is 4.74 Å². The number of nitrogens with zero attached hydrogens (tertiary/aromatic N) is 2. The summed E-state index contributed by atoms with van der Waals surface area (Å²) in [7, 11) is 0. The summed E-state index contributed by atoms with van der Waals surface area (Å²) in [4.78, 5) is 0. The summed E-state index contributed by atoms with van der Waals surface area (Å²) in [6.07, 6.45) is 2.27. The number of fused-ring (bicyclic) bond motifs is 1. The minimum atomic E-state index is -0.195. The number of benzene rings is 2. The summed E-state index contributed by atoms with van der Waals surface area (Å²) in [5, 5.41) is 7.09. The van der Waals surface area contributed by atoms with Crippen molar-refractivity contribution in [2.75, 3.05) is 0 Å². The van der Waals surface area contributed by atoms with Gasteiger partial charge in [0.15, 0.2) is 0 Å². The molecule has 4 nitrogen and oxygen atoms in total. The Hall–Kier alpha value is -2.43. The minimum absolute atomic E-state index is 0.195. The van der Waals surface area contributed by atoms with Gasteiger partial charge >= 0.3 is 0 Å². The zero-order valence-electron chi connectivity index (χ0n) is 16.5. The quantitative estimate of drug-likeness (QED) is 0.465. The van der Waals surface area contributed by atoms with Crippen LogP contribution >= 0.6 is 0 Å². The summed E-state index contributed by atoms with van der Waals surface area (Å²) in [5.74, 6) is 0.463. The summed E-state index contributed by atoms with van der Waals surface area (Å²) < 4.78 is 6.00. The molecular weight excluding hydrogens is 346 g/mol. The second-order valence-corrected chi connectivity index (χ2v) is 8.47. The van der Waals surface area contributed by atoms with E-state index >= 15 is 0 Å². The Bertz CT molecular complexity index is 864. The van der Waals surface area contributed by atoms with E-state index in [0.717, 1.165) is 18.6 Å². The molecule has 3 unspecified atom stereocenters. The lowest BCUT2D eigenvalue weighted by Crippen LogP contribution is -2.35. The fourth-order valence-electron chi connectivity index (χ4n) is 4.56. The number of hydrazine groups is 1. The van der Waals surface area contributed by atoms with Crippen LogP contribution in [0.1, 0.15) is 49.9 Å². The normalized spacial score (nSPS) is 37.2. The molecule has 2 aromatic rings. The van der Waals surface area contributed by atoms with Gasteiger partial charge in [0.1, 0.15) is 5.60 Å². The smallest absolute Gasteiger partial charge is 0.132 e. The number of ether oxygens (including phenoxy) is 1. The molecule has 0 bridgehead atoms. The Balaban J connectivity index is 1.39. The zero-order chi connectivity index (χ0) is 19.3. The fraction of sp³-hybridized carbons (Fsp3) is 0.375. The molecule has 1 N–H and O–H groups in total. The third-order valence-corrected chi connectivity index (χ3v) is 6.54. The highest BCUT2D eigenvalue weighted by molar-refractivity contribution is 5.96. The summed E-state index contributed by atoms with van der Waals surface area (Å²) in [5.41, 5.74) is 8.13. The number of epoxide rings is 1. The highest BCUT2D eigenvalue weighted by atomic mass is 16.6. The molecule has 5 atom stereocenters. The lowest BCUT2D eigenvalue weighted by molar-refractivity contribution is 0.341. The van der Waals surface area contributed by atoms with Crippen molar-refractivity contribution in [1.82, 2.24) is 10.5 Å². The van der Waals surface area contributed by atoms with E-state index in [2.05, 4.69) is 91.6 Å². The molecule has 3 fully saturated rings. The molecule has 4 heteroatoms. The molecule has 144 valence electrons. The van der Waals surface area contributed by atoms with Crippen molar-refractivity contribution in [2.45, 2.75) is 50.5 Å². The van der Waals surface area contributed by atoms with Crippen LogP contribution in [0.4, 0.5) is 0 Å². The van der Waals surface area contributed by atoms with Crippen LogP contribution in [0.3, 0.4) is 0 Å². The molecule has 28 heavy (non-hydrogen) atoms. The number of hydrogen-bond acceptors (Lipinski definition) is 4. The molecule has 3 aliphatic rings. The Morgan fingerprint density at radius 1 is 1.07 bits per heavy atom. The maximum Gasteiger partial charge on any atom is 0.132 e. The van der Waals surface area contributed by atoms with Crippen molar-refractivity contribution in [2.24, 2.45) is 11.0 Å². The second-order valence-electron chi connectivity index (χ2n) is 8.47. The molecule has 2 aliphatic heterocycles. The number of hydrazone groups is 1. The van der Waals surface area contributed by atoms with E-state index in [1.807, 2.05) is 0 Å². The molecule has 2 heterocycles. The largest absolute Gasteiger partial charge is 0.360 e. The van der Waals surface area contributed by atoms with Crippen LogP contribution in [0.5, 0.6) is 0 Å². The minimum Gasteiger partial charge on any atom is -0.360 e. The number of rotatable bonds is 5. The molecule has 0 radical (unpaired) electrons. The third kappa shape index (κ3) is 2.97. The highest BCUT2D eigenvalue weighted by Gasteiger charge is 2.60. The van der Waals surface area contributed by atoms with Gasteiger partial charge < -0.3 is 4.74 Å². The third-order valence-electron chi connectivity index (χ3n) is 6.54. The van der Waals surface area contributed by atoms with Crippen LogP contribution in [0.25, 0.3) is 0 Å². The van der Waals surface area contributed by atoms with Gasteiger partial charge in [-0.25, -0.2) is 5.53 Å². The molecule has 0 aromatic heterocycles. The summed E-state index contributed by atoms with van der Waals surface area (Å²) in [6, 6.07) is 21.9. The molecule has 0 amide bonds. The molecule has 2 saturated heterocycles. The van der Waals surface area contributed by atoms with Gasteiger partial charge in [-0.3, -0.25) is 0 Å². The predicted molar refractivity (Wildman–Crippen MR) is 112 cm³/mol. The highest BCUT2D eigenvalue weighted by Crippen LogP contribution is 2.53. The van der Waals surface area contributed by atoms with Crippen LogP contribution in [-0.4, -0.2) is 22.4 Å². The topological polar surface area (TPSA) is 39.9 Å². The second kappa shape index (κ2) is 6.57.